The molecule has 0 spiro atoms. The van der Waals surface area contributed by atoms with Crippen molar-refractivity contribution in [3.8, 4) is 11.6 Å². The lowest BCUT2D eigenvalue weighted by Crippen LogP contribution is -2.07. The van der Waals surface area contributed by atoms with E-state index in [1.807, 2.05) is 23.7 Å². The summed E-state index contributed by atoms with van der Waals surface area (Å²) in [6, 6.07) is 3.89. The van der Waals surface area contributed by atoms with Crippen LogP contribution in [0.25, 0.3) is 16.7 Å². The molecule has 31 heavy (non-hydrogen) atoms. The Hall–Kier alpha value is -2.91. The molecule has 1 aliphatic rings. The third-order valence-corrected chi connectivity index (χ3v) is 5.73. The number of nitrogen functional groups attached to an aromatic ring is 1. The van der Waals surface area contributed by atoms with Gasteiger partial charge in [0.1, 0.15) is 5.69 Å². The maximum atomic E-state index is 6.42. The summed E-state index contributed by atoms with van der Waals surface area (Å²) in [5, 5.41) is 10.1. The number of hydrogen-bond acceptors (Lipinski definition) is 7. The summed E-state index contributed by atoms with van der Waals surface area (Å²) >= 11 is 12.1. The standard InChI is InChI=1S/C20H20Cl2N8O/c1-11-14(4-2-7-24-11)30-16(12-5-6-12)15(23)19(28-30)31-9-3-8-29-18-13(17(21)27-29)10-25-20(22)26-18/h2,4,7,10,12H,3,5-6,8-9,23H2,1H3. The third kappa shape index (κ3) is 3.79. The number of anilines is 1. The summed E-state index contributed by atoms with van der Waals surface area (Å²) in [5.74, 6) is 0.852. The summed E-state index contributed by atoms with van der Waals surface area (Å²) < 4.78 is 9.53. The molecule has 0 aromatic carbocycles. The molecule has 1 aliphatic carbocycles. The molecule has 4 aromatic rings. The van der Waals surface area contributed by atoms with Gasteiger partial charge in [0.05, 0.1) is 29.1 Å². The van der Waals surface area contributed by atoms with Crippen molar-refractivity contribution in [1.82, 2.24) is 34.5 Å². The highest BCUT2D eigenvalue weighted by Gasteiger charge is 2.33. The summed E-state index contributed by atoms with van der Waals surface area (Å²) in [5.41, 5.74) is 10.4. The van der Waals surface area contributed by atoms with Gasteiger partial charge >= 0.3 is 0 Å². The van der Waals surface area contributed by atoms with E-state index >= 15 is 0 Å². The van der Waals surface area contributed by atoms with Crippen LogP contribution < -0.4 is 10.5 Å². The molecular formula is C20H20Cl2N8O. The van der Waals surface area contributed by atoms with Crippen molar-refractivity contribution in [2.24, 2.45) is 0 Å². The lowest BCUT2D eigenvalue weighted by molar-refractivity contribution is 0.288. The minimum atomic E-state index is 0.151. The van der Waals surface area contributed by atoms with Crippen LogP contribution in [0.15, 0.2) is 24.5 Å². The van der Waals surface area contributed by atoms with E-state index < -0.39 is 0 Å². The normalized spacial score (nSPS) is 13.8. The average Bonchev–Trinajstić information content (AvgIpc) is 3.47. The van der Waals surface area contributed by atoms with Gasteiger partial charge in [-0.3, -0.25) is 4.98 Å². The number of nitrogens with zero attached hydrogens (tertiary/aromatic N) is 7. The monoisotopic (exact) mass is 458 g/mol. The highest BCUT2D eigenvalue weighted by molar-refractivity contribution is 6.34. The van der Waals surface area contributed by atoms with E-state index in [1.165, 1.54) is 0 Å². The molecule has 2 N–H and O–H groups in total. The minimum Gasteiger partial charge on any atom is -0.475 e. The van der Waals surface area contributed by atoms with Crippen molar-refractivity contribution < 1.29 is 4.74 Å². The quantitative estimate of drug-likeness (QED) is 0.329. The van der Waals surface area contributed by atoms with Gasteiger partial charge < -0.3 is 10.5 Å². The molecule has 0 bridgehead atoms. The van der Waals surface area contributed by atoms with Crippen molar-refractivity contribution in [3.63, 3.8) is 0 Å². The van der Waals surface area contributed by atoms with Crippen LogP contribution in [0.3, 0.4) is 0 Å². The van der Waals surface area contributed by atoms with Gasteiger partial charge in [0.15, 0.2) is 10.8 Å². The lowest BCUT2D eigenvalue weighted by Gasteiger charge is -2.08. The second-order valence-corrected chi connectivity index (χ2v) is 8.19. The smallest absolute Gasteiger partial charge is 0.257 e. The summed E-state index contributed by atoms with van der Waals surface area (Å²) in [6.07, 6.45) is 6.20. The first-order valence-electron chi connectivity index (χ1n) is 10.0. The van der Waals surface area contributed by atoms with Crippen LogP contribution in [0.1, 0.15) is 36.6 Å². The maximum absolute atomic E-state index is 6.42. The number of aromatic nitrogens is 7. The van der Waals surface area contributed by atoms with Crippen LogP contribution in [-0.4, -0.2) is 41.1 Å². The molecule has 0 unspecified atom stereocenters. The Morgan fingerprint density at radius 3 is 2.84 bits per heavy atom. The number of pyridine rings is 1. The largest absolute Gasteiger partial charge is 0.475 e. The first-order chi connectivity index (χ1) is 15.0. The van der Waals surface area contributed by atoms with Gasteiger partial charge in [0, 0.05) is 31.3 Å². The first kappa shape index (κ1) is 20.0. The van der Waals surface area contributed by atoms with Crippen LogP contribution in [0.4, 0.5) is 5.69 Å². The molecule has 1 fully saturated rings. The summed E-state index contributed by atoms with van der Waals surface area (Å²) in [6.45, 7) is 2.92. The average molecular weight is 459 g/mol. The fourth-order valence-electron chi connectivity index (χ4n) is 3.60. The van der Waals surface area contributed by atoms with E-state index in [0.29, 0.717) is 53.2 Å². The van der Waals surface area contributed by atoms with Crippen LogP contribution in [0, 0.1) is 6.92 Å². The molecule has 4 heterocycles. The molecule has 1 saturated carbocycles. The van der Waals surface area contributed by atoms with E-state index in [4.69, 9.17) is 33.7 Å². The lowest BCUT2D eigenvalue weighted by atomic mass is 10.2. The molecule has 0 atom stereocenters. The molecule has 9 nitrogen and oxygen atoms in total. The van der Waals surface area contributed by atoms with E-state index in [-0.39, 0.29) is 5.28 Å². The maximum Gasteiger partial charge on any atom is 0.257 e. The highest BCUT2D eigenvalue weighted by atomic mass is 35.5. The number of halogens is 2. The second-order valence-electron chi connectivity index (χ2n) is 7.49. The number of fused-ring (bicyclic) bond motifs is 1. The topological polar surface area (TPSA) is 110 Å². The number of rotatable bonds is 7. The fraction of sp³-hybridized carbons (Fsp3) is 0.350. The van der Waals surface area contributed by atoms with E-state index in [1.54, 1.807) is 17.1 Å². The van der Waals surface area contributed by atoms with Crippen LogP contribution >= 0.6 is 23.2 Å². The van der Waals surface area contributed by atoms with Crippen molar-refractivity contribution in [3.05, 3.63) is 46.4 Å². The minimum absolute atomic E-state index is 0.151. The van der Waals surface area contributed by atoms with Crippen molar-refractivity contribution >= 4 is 39.9 Å². The zero-order valence-electron chi connectivity index (χ0n) is 16.8. The van der Waals surface area contributed by atoms with Gasteiger partial charge in [-0.05, 0) is 43.5 Å². The van der Waals surface area contributed by atoms with Crippen LogP contribution in [0.2, 0.25) is 10.4 Å². The molecule has 11 heteroatoms. The number of aryl methyl sites for hydroxylation is 2. The van der Waals surface area contributed by atoms with Crippen molar-refractivity contribution in [2.45, 2.75) is 38.6 Å². The number of nitrogens with two attached hydrogens (primary N) is 1. The predicted octanol–water partition coefficient (Wildman–Crippen LogP) is 3.95. The molecule has 0 aliphatic heterocycles. The Labute approximate surface area is 188 Å². The Balaban J connectivity index is 1.32. The third-order valence-electron chi connectivity index (χ3n) is 5.26. The zero-order chi connectivity index (χ0) is 21.5. The van der Waals surface area contributed by atoms with Crippen molar-refractivity contribution in [2.75, 3.05) is 12.3 Å². The van der Waals surface area contributed by atoms with Gasteiger partial charge in [0.2, 0.25) is 5.28 Å². The summed E-state index contributed by atoms with van der Waals surface area (Å²) in [4.78, 5) is 12.5. The first-order valence-corrected chi connectivity index (χ1v) is 10.8. The number of ether oxygens (including phenoxy) is 1. The van der Waals surface area contributed by atoms with Gasteiger partial charge in [-0.15, -0.1) is 5.10 Å². The Kier molecular flexibility index (Phi) is 5.15. The second kappa shape index (κ2) is 7.97. The molecule has 0 amide bonds. The van der Waals surface area contributed by atoms with Crippen LogP contribution in [-0.2, 0) is 6.54 Å². The Bertz CT molecular complexity index is 1260. The zero-order valence-corrected chi connectivity index (χ0v) is 18.3. The van der Waals surface area contributed by atoms with Gasteiger partial charge in [-0.1, -0.05) is 11.6 Å². The molecule has 4 aromatic heterocycles. The SMILES string of the molecule is Cc1ncccc1-n1nc(OCCCn2nc(Cl)c3cnc(Cl)nc32)c(N)c1C1CC1. The van der Waals surface area contributed by atoms with E-state index in [9.17, 15) is 0 Å². The predicted molar refractivity (Wildman–Crippen MR) is 118 cm³/mol. The van der Waals surface area contributed by atoms with Gasteiger partial charge in [-0.25, -0.2) is 14.3 Å². The molecule has 5 rings (SSSR count). The van der Waals surface area contributed by atoms with Gasteiger partial charge in [0.25, 0.3) is 5.88 Å². The van der Waals surface area contributed by atoms with Gasteiger partial charge in [-0.2, -0.15) is 10.1 Å². The van der Waals surface area contributed by atoms with Crippen LogP contribution in [0.5, 0.6) is 5.88 Å². The Morgan fingerprint density at radius 2 is 2.06 bits per heavy atom. The van der Waals surface area contributed by atoms with E-state index in [0.717, 1.165) is 29.9 Å². The fourth-order valence-corrected chi connectivity index (χ4v) is 3.96. The molecule has 0 radical (unpaired) electrons. The Morgan fingerprint density at radius 1 is 1.23 bits per heavy atom. The number of hydrogen-bond donors (Lipinski definition) is 1. The summed E-state index contributed by atoms with van der Waals surface area (Å²) in [7, 11) is 0. The van der Waals surface area contributed by atoms with E-state index in [2.05, 4.69) is 25.1 Å². The highest BCUT2D eigenvalue weighted by Crippen LogP contribution is 2.46. The molecule has 0 saturated heterocycles. The molecular weight excluding hydrogens is 439 g/mol. The van der Waals surface area contributed by atoms with Crippen molar-refractivity contribution in [1.29, 1.82) is 0 Å². The molecule has 160 valence electrons.